The Bertz CT molecular complexity index is 570. The Balaban J connectivity index is 2.36. The van der Waals surface area contributed by atoms with Gasteiger partial charge in [0.1, 0.15) is 0 Å². The molecule has 2 heteroatoms. The van der Waals surface area contributed by atoms with Gasteiger partial charge in [0.25, 0.3) is 0 Å². The third-order valence-electron chi connectivity index (χ3n) is 2.62. The van der Waals surface area contributed by atoms with Crippen molar-refractivity contribution in [1.29, 1.82) is 0 Å². The molecule has 0 heterocycles. The van der Waals surface area contributed by atoms with Crippen LogP contribution in [0.2, 0.25) is 0 Å². The highest BCUT2D eigenvalue weighted by molar-refractivity contribution is 6.16. The van der Waals surface area contributed by atoms with Gasteiger partial charge in [-0.25, -0.2) is 4.79 Å². The lowest BCUT2D eigenvalue weighted by molar-refractivity contribution is -0.136. The third-order valence-corrected chi connectivity index (χ3v) is 2.62. The van der Waals surface area contributed by atoms with Crippen LogP contribution in [-0.4, -0.2) is 12.6 Å². The van der Waals surface area contributed by atoms with Crippen LogP contribution in [0.5, 0.6) is 0 Å². The van der Waals surface area contributed by atoms with Crippen molar-refractivity contribution in [2.24, 2.45) is 0 Å². The predicted molar refractivity (Wildman–Crippen MR) is 69.6 cm³/mol. The van der Waals surface area contributed by atoms with Crippen molar-refractivity contribution in [3.63, 3.8) is 0 Å². The molecule has 0 radical (unpaired) electrons. The van der Waals surface area contributed by atoms with Gasteiger partial charge in [0.05, 0.1) is 12.2 Å². The number of benzene rings is 2. The van der Waals surface area contributed by atoms with Crippen molar-refractivity contribution in [3.05, 3.63) is 54.6 Å². The van der Waals surface area contributed by atoms with Crippen molar-refractivity contribution in [2.75, 3.05) is 6.61 Å². The fraction of sp³-hybridized carbons (Fsp3) is 0.133. The van der Waals surface area contributed by atoms with Crippen LogP contribution < -0.4 is 0 Å². The van der Waals surface area contributed by atoms with E-state index in [9.17, 15) is 4.79 Å². The van der Waals surface area contributed by atoms with E-state index in [2.05, 4.69) is 6.58 Å². The van der Waals surface area contributed by atoms with E-state index in [1.54, 1.807) is 6.92 Å². The molecule has 0 aromatic heterocycles. The van der Waals surface area contributed by atoms with Crippen LogP contribution in [0.15, 0.2) is 49.0 Å². The molecule has 0 saturated heterocycles. The minimum Gasteiger partial charge on any atom is -0.462 e. The molecule has 0 fully saturated rings. The highest BCUT2D eigenvalue weighted by Gasteiger charge is 2.10. The molecule has 0 aliphatic heterocycles. The lowest BCUT2D eigenvalue weighted by Gasteiger charge is -2.06. The molecule has 0 aliphatic carbocycles. The first-order valence-electron chi connectivity index (χ1n) is 5.57. The molecule has 17 heavy (non-hydrogen) atoms. The van der Waals surface area contributed by atoms with Gasteiger partial charge >= 0.3 is 5.97 Å². The Morgan fingerprint density at radius 3 is 2.59 bits per heavy atom. The summed E-state index contributed by atoms with van der Waals surface area (Å²) in [5.41, 5.74) is 1.21. The van der Waals surface area contributed by atoms with Gasteiger partial charge in [-0.15, -0.1) is 0 Å². The summed E-state index contributed by atoms with van der Waals surface area (Å²) in [5, 5.41) is 2.24. The maximum Gasteiger partial charge on any atom is 0.338 e. The van der Waals surface area contributed by atoms with Crippen LogP contribution in [0.25, 0.3) is 16.3 Å². The molecule has 0 bridgehead atoms. The molecule has 2 aromatic carbocycles. The summed E-state index contributed by atoms with van der Waals surface area (Å²) >= 11 is 0. The van der Waals surface area contributed by atoms with Crippen molar-refractivity contribution < 1.29 is 9.53 Å². The fourth-order valence-corrected chi connectivity index (χ4v) is 1.71. The maximum absolute atomic E-state index is 11.6. The number of hydrogen-bond acceptors (Lipinski definition) is 2. The number of ether oxygens (including phenoxy) is 1. The van der Waals surface area contributed by atoms with Crippen LogP contribution in [0.4, 0.5) is 0 Å². The van der Waals surface area contributed by atoms with E-state index in [4.69, 9.17) is 4.74 Å². The van der Waals surface area contributed by atoms with Crippen LogP contribution in [0.1, 0.15) is 12.5 Å². The lowest BCUT2D eigenvalue weighted by Crippen LogP contribution is -2.05. The van der Waals surface area contributed by atoms with E-state index in [0.29, 0.717) is 12.2 Å². The van der Waals surface area contributed by atoms with Crippen LogP contribution in [0, 0.1) is 0 Å². The average Bonchev–Trinajstić information content (AvgIpc) is 2.37. The monoisotopic (exact) mass is 226 g/mol. The van der Waals surface area contributed by atoms with Gasteiger partial charge in [0, 0.05) is 0 Å². The highest BCUT2D eigenvalue weighted by Crippen LogP contribution is 2.20. The van der Waals surface area contributed by atoms with Gasteiger partial charge in [-0.3, -0.25) is 0 Å². The van der Waals surface area contributed by atoms with Gasteiger partial charge in [0.15, 0.2) is 0 Å². The summed E-state index contributed by atoms with van der Waals surface area (Å²) in [5.74, 6) is -0.359. The minimum absolute atomic E-state index is 0.359. The molecule has 86 valence electrons. The van der Waals surface area contributed by atoms with E-state index in [-0.39, 0.29) is 5.97 Å². The van der Waals surface area contributed by atoms with E-state index in [0.717, 1.165) is 16.3 Å². The highest BCUT2D eigenvalue weighted by atomic mass is 16.5. The first kappa shape index (κ1) is 11.4. The van der Waals surface area contributed by atoms with E-state index in [1.165, 1.54) is 0 Å². The van der Waals surface area contributed by atoms with Crippen molar-refractivity contribution in [1.82, 2.24) is 0 Å². The lowest BCUT2D eigenvalue weighted by atomic mass is 10.0. The molecule has 2 nitrogen and oxygen atoms in total. The third kappa shape index (κ3) is 2.36. The summed E-state index contributed by atoms with van der Waals surface area (Å²) in [6.07, 6.45) is 0. The second-order valence-corrected chi connectivity index (χ2v) is 3.76. The van der Waals surface area contributed by atoms with Crippen LogP contribution in [-0.2, 0) is 9.53 Å². The molecule has 0 atom stereocenters. The Kier molecular flexibility index (Phi) is 3.24. The molecule has 0 saturated carbocycles. The number of fused-ring (bicyclic) bond motifs is 1. The molecule has 0 aliphatic rings. The first-order chi connectivity index (χ1) is 8.22. The molecule has 2 rings (SSSR count). The number of rotatable bonds is 3. The van der Waals surface area contributed by atoms with Gasteiger partial charge in [-0.05, 0) is 29.3 Å². The zero-order valence-corrected chi connectivity index (χ0v) is 9.77. The van der Waals surface area contributed by atoms with Gasteiger partial charge < -0.3 is 4.74 Å². The quantitative estimate of drug-likeness (QED) is 0.592. The van der Waals surface area contributed by atoms with E-state index >= 15 is 0 Å². The van der Waals surface area contributed by atoms with Gasteiger partial charge in [-0.2, -0.15) is 0 Å². The fourth-order valence-electron chi connectivity index (χ4n) is 1.71. The SMILES string of the molecule is C=C(C(=O)OCC)c1ccc2ccccc2c1. The summed E-state index contributed by atoms with van der Waals surface area (Å²) in [7, 11) is 0. The number of carbonyl (C=O) groups is 1. The van der Waals surface area contributed by atoms with Crippen molar-refractivity contribution >= 4 is 22.3 Å². The zero-order chi connectivity index (χ0) is 12.3. The molecule has 0 spiro atoms. The average molecular weight is 226 g/mol. The molecular formula is C15H14O2. The summed E-state index contributed by atoms with van der Waals surface area (Å²) in [6.45, 7) is 5.93. The minimum atomic E-state index is -0.359. The molecule has 0 N–H and O–H groups in total. The van der Waals surface area contributed by atoms with Crippen LogP contribution >= 0.6 is 0 Å². The molecule has 0 amide bonds. The van der Waals surface area contributed by atoms with Gasteiger partial charge in [0.2, 0.25) is 0 Å². The first-order valence-corrected chi connectivity index (χ1v) is 5.57. The molecule has 0 unspecified atom stereocenters. The van der Waals surface area contributed by atoms with E-state index < -0.39 is 0 Å². The standard InChI is InChI=1S/C15H14O2/c1-3-17-15(16)11(2)13-9-8-12-6-4-5-7-14(12)10-13/h4-10H,2-3H2,1H3. The number of esters is 1. The largest absolute Gasteiger partial charge is 0.462 e. The van der Waals surface area contributed by atoms with Crippen molar-refractivity contribution in [3.8, 4) is 0 Å². The smallest absolute Gasteiger partial charge is 0.338 e. The maximum atomic E-state index is 11.6. The topological polar surface area (TPSA) is 26.3 Å². The van der Waals surface area contributed by atoms with Gasteiger partial charge in [-0.1, -0.05) is 43.0 Å². The number of hydrogen-bond donors (Lipinski definition) is 0. The number of carbonyl (C=O) groups excluding carboxylic acids is 1. The predicted octanol–water partition coefficient (Wildman–Crippen LogP) is 3.42. The second-order valence-electron chi connectivity index (χ2n) is 3.76. The van der Waals surface area contributed by atoms with Crippen molar-refractivity contribution in [2.45, 2.75) is 6.92 Å². The zero-order valence-electron chi connectivity index (χ0n) is 9.77. The molecular weight excluding hydrogens is 212 g/mol. The Morgan fingerprint density at radius 2 is 1.88 bits per heavy atom. The molecule has 2 aromatic rings. The summed E-state index contributed by atoms with van der Waals surface area (Å²) in [4.78, 5) is 11.6. The summed E-state index contributed by atoms with van der Waals surface area (Å²) < 4.78 is 4.93. The Hall–Kier alpha value is -2.09. The summed E-state index contributed by atoms with van der Waals surface area (Å²) in [6, 6.07) is 13.8. The van der Waals surface area contributed by atoms with Crippen LogP contribution in [0.3, 0.4) is 0 Å². The normalized spacial score (nSPS) is 10.2. The van der Waals surface area contributed by atoms with E-state index in [1.807, 2.05) is 42.5 Å². The Labute approximate surface area is 101 Å². The Morgan fingerprint density at radius 1 is 1.18 bits per heavy atom. The second kappa shape index (κ2) is 4.83.